The minimum Gasteiger partial charge on any atom is -0.335 e. The van der Waals surface area contributed by atoms with Gasteiger partial charge >= 0.3 is 11.9 Å². The summed E-state index contributed by atoms with van der Waals surface area (Å²) in [5.41, 5.74) is -1.31. The number of carbonyl (C=O) groups is 1. The minimum absolute atomic E-state index is 0.117. The number of alkyl halides is 5. The van der Waals surface area contributed by atoms with Gasteiger partial charge in [-0.15, -0.1) is 0 Å². The Morgan fingerprint density at radius 1 is 1.17 bits per heavy atom. The molecule has 2 aromatic rings. The monoisotopic (exact) mass is 431 g/mol. The number of carbonyl (C=O) groups excluding carboxylic acids is 1. The van der Waals surface area contributed by atoms with Crippen LogP contribution in [0.1, 0.15) is 36.0 Å². The van der Waals surface area contributed by atoms with Crippen molar-refractivity contribution in [3.63, 3.8) is 0 Å². The molecule has 0 saturated carbocycles. The highest BCUT2D eigenvalue weighted by atomic mass is 19.4. The first-order valence-electron chi connectivity index (χ1n) is 9.42. The summed E-state index contributed by atoms with van der Waals surface area (Å²) in [5, 5.41) is 4.20. The third kappa shape index (κ3) is 3.70. The van der Waals surface area contributed by atoms with E-state index < -0.39 is 41.9 Å². The van der Waals surface area contributed by atoms with Gasteiger partial charge in [-0.1, -0.05) is 6.07 Å². The summed E-state index contributed by atoms with van der Waals surface area (Å²) in [6.07, 6.45) is -5.70. The number of likely N-dealkylation sites (tertiary alicyclic amines) is 1. The highest BCUT2D eigenvalue weighted by Crippen LogP contribution is 2.28. The van der Waals surface area contributed by atoms with Crippen molar-refractivity contribution in [2.45, 2.75) is 50.4 Å². The Bertz CT molecular complexity index is 990. The Labute approximate surface area is 167 Å². The van der Waals surface area contributed by atoms with Crippen LogP contribution in [0.4, 0.5) is 22.0 Å². The summed E-state index contributed by atoms with van der Waals surface area (Å²) < 4.78 is 67.2. The molecule has 0 bridgehead atoms. The van der Waals surface area contributed by atoms with Crippen molar-refractivity contribution in [2.75, 3.05) is 13.1 Å². The van der Waals surface area contributed by atoms with Crippen LogP contribution in [0.2, 0.25) is 0 Å². The topological polar surface area (TPSA) is 73.0 Å². The van der Waals surface area contributed by atoms with Gasteiger partial charge in [0.25, 0.3) is 0 Å². The number of aryl methyl sites for hydroxylation is 1. The lowest BCUT2D eigenvalue weighted by molar-refractivity contribution is -0.141. The standard InChI is InChI=1S/C18H18F5N5O2/c19-11-8-26(9-12(11)20)16(29)13-2-1-3-15-25-27(17(30)28(13)15)7-10-4-5-14(24-6-10)18(21,22)23/h4-6,11-13H,1-3,7-9H2/t11?,12?,13-/m0/s1. The predicted octanol–water partition coefficient (Wildman–Crippen LogP) is 1.90. The van der Waals surface area contributed by atoms with Crippen molar-refractivity contribution in [1.29, 1.82) is 0 Å². The van der Waals surface area contributed by atoms with E-state index in [2.05, 4.69) is 10.1 Å². The third-order valence-corrected chi connectivity index (χ3v) is 5.36. The molecule has 4 heterocycles. The largest absolute Gasteiger partial charge is 0.433 e. The van der Waals surface area contributed by atoms with E-state index >= 15 is 0 Å². The Kier molecular flexibility index (Phi) is 5.10. The maximum absolute atomic E-state index is 13.5. The van der Waals surface area contributed by atoms with Crippen LogP contribution in [0, 0.1) is 0 Å². The Morgan fingerprint density at radius 2 is 1.87 bits per heavy atom. The number of pyridine rings is 1. The van der Waals surface area contributed by atoms with Crippen LogP contribution in [0.5, 0.6) is 0 Å². The second kappa shape index (κ2) is 7.47. The zero-order valence-corrected chi connectivity index (χ0v) is 15.6. The van der Waals surface area contributed by atoms with E-state index in [1.54, 1.807) is 0 Å². The van der Waals surface area contributed by atoms with Gasteiger partial charge in [0.05, 0.1) is 19.6 Å². The summed E-state index contributed by atoms with van der Waals surface area (Å²) >= 11 is 0. The van der Waals surface area contributed by atoms with Gasteiger partial charge in [0.15, 0.2) is 12.3 Å². The number of aromatic nitrogens is 4. The molecule has 0 aromatic carbocycles. The molecule has 1 saturated heterocycles. The van der Waals surface area contributed by atoms with Crippen molar-refractivity contribution >= 4 is 5.91 Å². The van der Waals surface area contributed by atoms with Crippen LogP contribution in [0.15, 0.2) is 23.1 Å². The van der Waals surface area contributed by atoms with Crippen molar-refractivity contribution in [3.05, 3.63) is 45.9 Å². The second-order valence-electron chi connectivity index (χ2n) is 7.46. The number of hydrogen-bond donors (Lipinski definition) is 0. The van der Waals surface area contributed by atoms with Crippen molar-refractivity contribution in [1.82, 2.24) is 24.2 Å². The lowest BCUT2D eigenvalue weighted by atomic mass is 10.0. The number of halogens is 5. The van der Waals surface area contributed by atoms with Crippen LogP contribution in [0.3, 0.4) is 0 Å². The average molecular weight is 431 g/mol. The van der Waals surface area contributed by atoms with Crippen molar-refractivity contribution in [2.24, 2.45) is 0 Å². The molecule has 12 heteroatoms. The summed E-state index contributed by atoms with van der Waals surface area (Å²) in [6.45, 7) is -0.828. The molecule has 4 rings (SSSR count). The van der Waals surface area contributed by atoms with Gasteiger partial charge in [-0.05, 0) is 24.5 Å². The number of nitrogens with zero attached hydrogens (tertiary/aromatic N) is 5. The van der Waals surface area contributed by atoms with E-state index in [-0.39, 0.29) is 19.6 Å². The number of fused-ring (bicyclic) bond motifs is 1. The fraction of sp³-hybridized carbons (Fsp3) is 0.556. The molecular weight excluding hydrogens is 413 g/mol. The van der Waals surface area contributed by atoms with Crippen molar-refractivity contribution < 1.29 is 26.7 Å². The van der Waals surface area contributed by atoms with Crippen LogP contribution >= 0.6 is 0 Å². The Morgan fingerprint density at radius 3 is 2.47 bits per heavy atom. The third-order valence-electron chi connectivity index (χ3n) is 5.36. The Hall–Kier alpha value is -2.79. The first-order valence-corrected chi connectivity index (χ1v) is 9.42. The minimum atomic E-state index is -4.57. The van der Waals surface area contributed by atoms with Crippen LogP contribution in [-0.4, -0.2) is 55.6 Å². The molecule has 0 radical (unpaired) electrons. The molecule has 3 atom stereocenters. The molecule has 2 aromatic heterocycles. The van der Waals surface area contributed by atoms with E-state index in [0.717, 1.165) is 21.8 Å². The molecule has 30 heavy (non-hydrogen) atoms. The lowest BCUT2D eigenvalue weighted by Gasteiger charge is -2.26. The summed E-state index contributed by atoms with van der Waals surface area (Å²) in [5.74, 6) is -0.172. The van der Waals surface area contributed by atoms with Gasteiger partial charge in [0.2, 0.25) is 5.91 Å². The van der Waals surface area contributed by atoms with Crippen LogP contribution < -0.4 is 5.69 Å². The number of hydrogen-bond acceptors (Lipinski definition) is 4. The smallest absolute Gasteiger partial charge is 0.335 e. The molecule has 2 unspecified atom stereocenters. The molecule has 7 nitrogen and oxygen atoms in total. The normalized spacial score (nSPS) is 24.2. The second-order valence-corrected chi connectivity index (χ2v) is 7.46. The van der Waals surface area contributed by atoms with E-state index in [4.69, 9.17) is 0 Å². The van der Waals surface area contributed by atoms with E-state index in [0.29, 0.717) is 30.7 Å². The maximum Gasteiger partial charge on any atom is 0.433 e. The molecule has 162 valence electrons. The molecule has 2 aliphatic rings. The fourth-order valence-electron chi connectivity index (χ4n) is 3.84. The summed E-state index contributed by atoms with van der Waals surface area (Å²) in [6, 6.07) is 1.12. The highest BCUT2D eigenvalue weighted by molar-refractivity contribution is 5.81. The van der Waals surface area contributed by atoms with Gasteiger partial charge in [-0.3, -0.25) is 14.3 Å². The molecule has 0 aliphatic carbocycles. The zero-order chi connectivity index (χ0) is 21.6. The molecule has 2 aliphatic heterocycles. The average Bonchev–Trinajstić information content (AvgIpc) is 3.20. The van der Waals surface area contributed by atoms with Gasteiger partial charge in [0.1, 0.15) is 17.6 Å². The fourth-order valence-corrected chi connectivity index (χ4v) is 3.84. The van der Waals surface area contributed by atoms with Gasteiger partial charge in [-0.25, -0.2) is 18.3 Å². The zero-order valence-electron chi connectivity index (χ0n) is 15.6. The van der Waals surface area contributed by atoms with Crippen LogP contribution in [0.25, 0.3) is 0 Å². The molecule has 1 amide bonds. The van der Waals surface area contributed by atoms with Crippen molar-refractivity contribution in [3.8, 4) is 0 Å². The molecule has 1 fully saturated rings. The van der Waals surface area contributed by atoms with Gasteiger partial charge < -0.3 is 4.90 Å². The van der Waals surface area contributed by atoms with Crippen LogP contribution in [-0.2, 0) is 23.9 Å². The quantitative estimate of drug-likeness (QED) is 0.696. The molecule has 0 spiro atoms. The molecular formula is C18H18F5N5O2. The lowest BCUT2D eigenvalue weighted by Crippen LogP contribution is -2.42. The Balaban J connectivity index is 1.57. The SMILES string of the molecule is O=C([C@@H]1CCCc2nn(Cc3ccc(C(F)(F)F)nc3)c(=O)n21)N1CC(F)C(F)C1. The van der Waals surface area contributed by atoms with Gasteiger partial charge in [-0.2, -0.15) is 18.3 Å². The van der Waals surface area contributed by atoms with Gasteiger partial charge in [0, 0.05) is 12.6 Å². The number of rotatable bonds is 3. The summed E-state index contributed by atoms with van der Waals surface area (Å²) in [4.78, 5) is 30.1. The number of amides is 1. The first-order chi connectivity index (χ1) is 14.1. The molecule has 0 N–H and O–H groups in total. The van der Waals surface area contributed by atoms with E-state index in [1.165, 1.54) is 10.6 Å². The maximum atomic E-state index is 13.5. The predicted molar refractivity (Wildman–Crippen MR) is 93.2 cm³/mol. The summed E-state index contributed by atoms with van der Waals surface area (Å²) in [7, 11) is 0. The first kappa shape index (κ1) is 20.5. The highest BCUT2D eigenvalue weighted by Gasteiger charge is 2.40. The van der Waals surface area contributed by atoms with E-state index in [1.807, 2.05) is 0 Å². The van der Waals surface area contributed by atoms with E-state index in [9.17, 15) is 31.5 Å².